The van der Waals surface area contributed by atoms with Crippen LogP contribution in [0.25, 0.3) is 0 Å². The van der Waals surface area contributed by atoms with Crippen LogP contribution in [0.3, 0.4) is 0 Å². The van der Waals surface area contributed by atoms with Gasteiger partial charge in [0.15, 0.2) is 0 Å². The fraction of sp³-hybridized carbons (Fsp3) is 0.611. The van der Waals surface area contributed by atoms with Crippen LogP contribution < -0.4 is 15.4 Å². The van der Waals surface area contributed by atoms with Crippen molar-refractivity contribution >= 4 is 11.6 Å². The topological polar surface area (TPSA) is 50.4 Å². The molecule has 2 N–H and O–H groups in total. The summed E-state index contributed by atoms with van der Waals surface area (Å²) in [5, 5.41) is 6.47. The molecule has 1 aromatic carbocycles. The van der Waals surface area contributed by atoms with E-state index in [4.69, 9.17) is 4.74 Å². The first-order chi connectivity index (χ1) is 10.6. The lowest BCUT2D eigenvalue weighted by Gasteiger charge is -2.23. The summed E-state index contributed by atoms with van der Waals surface area (Å²) in [7, 11) is 0. The fourth-order valence-electron chi connectivity index (χ4n) is 3.48. The number of ether oxygens (including phenoxy) is 1. The second kappa shape index (κ2) is 6.29. The predicted molar refractivity (Wildman–Crippen MR) is 88.2 cm³/mol. The molecule has 1 spiro atoms. The molecule has 120 valence electrons. The first-order valence-corrected chi connectivity index (χ1v) is 8.40. The van der Waals surface area contributed by atoms with Crippen LogP contribution in [0, 0.1) is 18.3 Å². The van der Waals surface area contributed by atoms with E-state index in [2.05, 4.69) is 17.6 Å². The lowest BCUT2D eigenvalue weighted by molar-refractivity contribution is -0.118. The van der Waals surface area contributed by atoms with E-state index in [0.29, 0.717) is 6.61 Å². The maximum atomic E-state index is 12.6. The smallest absolute Gasteiger partial charge is 0.228 e. The number of rotatable bonds is 5. The maximum absolute atomic E-state index is 12.6. The lowest BCUT2D eigenvalue weighted by atomic mass is 9.92. The molecule has 0 bridgehead atoms. The third-order valence-electron chi connectivity index (χ3n) is 4.96. The van der Waals surface area contributed by atoms with Gasteiger partial charge in [0.2, 0.25) is 5.91 Å². The monoisotopic (exact) mass is 302 g/mol. The summed E-state index contributed by atoms with van der Waals surface area (Å²) in [6.07, 6.45) is 4.24. The highest BCUT2D eigenvalue weighted by Gasteiger charge is 2.57. The van der Waals surface area contributed by atoms with Crippen molar-refractivity contribution in [1.29, 1.82) is 0 Å². The molecule has 22 heavy (non-hydrogen) atoms. The van der Waals surface area contributed by atoms with Gasteiger partial charge < -0.3 is 15.4 Å². The normalized spacial score (nSPS) is 22.4. The zero-order chi connectivity index (χ0) is 15.6. The Labute approximate surface area is 132 Å². The summed E-state index contributed by atoms with van der Waals surface area (Å²) >= 11 is 0. The molecule has 2 aliphatic rings. The van der Waals surface area contributed by atoms with Crippen molar-refractivity contribution in [3.63, 3.8) is 0 Å². The number of carbonyl (C=O) groups excluding carboxylic acids is 1. The Morgan fingerprint density at radius 2 is 2.18 bits per heavy atom. The van der Waals surface area contributed by atoms with Gasteiger partial charge in [-0.05, 0) is 68.8 Å². The number of piperidine rings is 1. The molecule has 1 unspecified atom stereocenters. The summed E-state index contributed by atoms with van der Waals surface area (Å²) in [5.74, 6) is 1.12. The van der Waals surface area contributed by atoms with Gasteiger partial charge >= 0.3 is 0 Å². The quantitative estimate of drug-likeness (QED) is 0.878. The zero-order valence-electron chi connectivity index (χ0n) is 13.6. The Balaban J connectivity index is 1.66. The molecule has 1 amide bonds. The van der Waals surface area contributed by atoms with Crippen LogP contribution in [0.5, 0.6) is 5.75 Å². The standard InChI is InChI=1S/C18H26N2O2/c1-3-10-22-16-11-13(2)4-5-15(16)20-17(21)14-12-18(14)6-8-19-9-7-18/h4-5,11,14,19H,3,6-10,12H2,1-2H3,(H,20,21). The van der Waals surface area contributed by atoms with Gasteiger partial charge in [-0.1, -0.05) is 13.0 Å². The number of nitrogens with one attached hydrogen (secondary N) is 2. The van der Waals surface area contributed by atoms with Crippen LogP contribution in [0.2, 0.25) is 0 Å². The summed E-state index contributed by atoms with van der Waals surface area (Å²) in [6, 6.07) is 5.97. The molecule has 1 aliphatic heterocycles. The summed E-state index contributed by atoms with van der Waals surface area (Å²) in [6.45, 7) is 6.87. The minimum atomic E-state index is 0.159. The molecule has 3 rings (SSSR count). The van der Waals surface area contributed by atoms with E-state index >= 15 is 0 Å². The van der Waals surface area contributed by atoms with E-state index in [0.717, 1.165) is 55.8 Å². The second-order valence-electron chi connectivity index (χ2n) is 6.71. The number of hydrogen-bond donors (Lipinski definition) is 2. The second-order valence-corrected chi connectivity index (χ2v) is 6.71. The first-order valence-electron chi connectivity index (χ1n) is 8.40. The van der Waals surface area contributed by atoms with Crippen molar-refractivity contribution in [2.45, 2.75) is 39.5 Å². The van der Waals surface area contributed by atoms with Gasteiger partial charge in [0.25, 0.3) is 0 Å². The van der Waals surface area contributed by atoms with Gasteiger partial charge in [0.05, 0.1) is 12.3 Å². The highest BCUT2D eigenvalue weighted by Crippen LogP contribution is 2.58. The number of anilines is 1. The van der Waals surface area contributed by atoms with Crippen LogP contribution in [0.1, 0.15) is 38.2 Å². The molecule has 4 heteroatoms. The predicted octanol–water partition coefficient (Wildman–Crippen LogP) is 3.11. The Hall–Kier alpha value is -1.55. The molecule has 2 fully saturated rings. The number of aryl methyl sites for hydroxylation is 1. The van der Waals surface area contributed by atoms with Crippen molar-refractivity contribution in [2.24, 2.45) is 11.3 Å². The van der Waals surface area contributed by atoms with Gasteiger partial charge in [-0.25, -0.2) is 0 Å². The minimum Gasteiger partial charge on any atom is -0.491 e. The van der Waals surface area contributed by atoms with Crippen LogP contribution >= 0.6 is 0 Å². The number of carbonyl (C=O) groups is 1. The molecule has 1 saturated carbocycles. The van der Waals surface area contributed by atoms with E-state index in [1.807, 2.05) is 25.1 Å². The average Bonchev–Trinajstić information content (AvgIpc) is 3.21. The van der Waals surface area contributed by atoms with Crippen molar-refractivity contribution in [1.82, 2.24) is 5.32 Å². The Morgan fingerprint density at radius 1 is 1.41 bits per heavy atom. The average molecular weight is 302 g/mol. The van der Waals surface area contributed by atoms with Crippen molar-refractivity contribution in [3.8, 4) is 5.75 Å². The molecule has 4 nitrogen and oxygen atoms in total. The van der Waals surface area contributed by atoms with Crippen LogP contribution in [-0.2, 0) is 4.79 Å². The molecule has 0 aromatic heterocycles. The lowest BCUT2D eigenvalue weighted by Crippen LogP contribution is -2.31. The molecule has 1 aromatic rings. The van der Waals surface area contributed by atoms with Crippen molar-refractivity contribution in [3.05, 3.63) is 23.8 Å². The van der Waals surface area contributed by atoms with Crippen molar-refractivity contribution < 1.29 is 9.53 Å². The minimum absolute atomic E-state index is 0.159. The van der Waals surface area contributed by atoms with Gasteiger partial charge in [-0.15, -0.1) is 0 Å². The number of amides is 1. The third kappa shape index (κ3) is 3.12. The van der Waals surface area contributed by atoms with E-state index in [1.54, 1.807) is 0 Å². The zero-order valence-corrected chi connectivity index (χ0v) is 13.6. The Morgan fingerprint density at radius 3 is 2.91 bits per heavy atom. The van der Waals surface area contributed by atoms with E-state index in [9.17, 15) is 4.79 Å². The Kier molecular flexibility index (Phi) is 4.39. The van der Waals surface area contributed by atoms with E-state index < -0.39 is 0 Å². The van der Waals surface area contributed by atoms with Gasteiger partial charge in [-0.3, -0.25) is 4.79 Å². The fourth-order valence-corrected chi connectivity index (χ4v) is 3.48. The molecular formula is C18H26N2O2. The molecule has 1 atom stereocenters. The van der Waals surface area contributed by atoms with Gasteiger partial charge in [-0.2, -0.15) is 0 Å². The third-order valence-corrected chi connectivity index (χ3v) is 4.96. The van der Waals surface area contributed by atoms with Crippen LogP contribution in [0.4, 0.5) is 5.69 Å². The molecule has 0 radical (unpaired) electrons. The maximum Gasteiger partial charge on any atom is 0.228 e. The number of benzene rings is 1. The molecule has 1 aliphatic carbocycles. The van der Waals surface area contributed by atoms with Crippen LogP contribution in [0.15, 0.2) is 18.2 Å². The molecular weight excluding hydrogens is 276 g/mol. The molecule has 1 saturated heterocycles. The summed E-state index contributed by atoms with van der Waals surface area (Å²) < 4.78 is 5.78. The first kappa shape index (κ1) is 15.3. The highest BCUT2D eigenvalue weighted by molar-refractivity contribution is 5.96. The number of hydrogen-bond acceptors (Lipinski definition) is 3. The Bertz CT molecular complexity index is 550. The van der Waals surface area contributed by atoms with E-state index in [1.165, 1.54) is 0 Å². The highest BCUT2D eigenvalue weighted by atomic mass is 16.5. The summed E-state index contributed by atoms with van der Waals surface area (Å²) in [4.78, 5) is 12.6. The van der Waals surface area contributed by atoms with Gasteiger partial charge in [0, 0.05) is 5.92 Å². The van der Waals surface area contributed by atoms with E-state index in [-0.39, 0.29) is 17.2 Å². The van der Waals surface area contributed by atoms with Crippen LogP contribution in [-0.4, -0.2) is 25.6 Å². The van der Waals surface area contributed by atoms with Crippen molar-refractivity contribution in [2.75, 3.05) is 25.0 Å². The SMILES string of the molecule is CCCOc1cc(C)ccc1NC(=O)C1CC12CCNCC2. The molecule has 1 heterocycles. The largest absolute Gasteiger partial charge is 0.491 e. The van der Waals surface area contributed by atoms with Gasteiger partial charge in [0.1, 0.15) is 5.75 Å². The summed E-state index contributed by atoms with van der Waals surface area (Å²) in [5.41, 5.74) is 2.22.